The number of aromatic nitrogens is 1. The molecule has 2 amide bonds. The number of hydrogen-bond donors (Lipinski definition) is 2. The first-order valence-corrected chi connectivity index (χ1v) is 8.76. The molecular formula is C21H18ClN3O2. The maximum atomic E-state index is 12.4. The number of rotatable bonds is 5. The van der Waals surface area contributed by atoms with Crippen molar-refractivity contribution in [3.05, 3.63) is 94.3 Å². The monoisotopic (exact) mass is 379 g/mol. The molecule has 1 aromatic heterocycles. The summed E-state index contributed by atoms with van der Waals surface area (Å²) in [6.45, 7) is 2.40. The SMILES string of the molecule is Cc1ccc(CNC(=O)c2cc(C(=O)Nc3ccc(Cl)cc3)ccn2)cc1. The van der Waals surface area contributed by atoms with Gasteiger partial charge in [-0.3, -0.25) is 14.6 Å². The Labute approximate surface area is 162 Å². The van der Waals surface area contributed by atoms with Crippen LogP contribution in [0.3, 0.4) is 0 Å². The molecule has 0 bridgehead atoms. The fraction of sp³-hybridized carbons (Fsp3) is 0.0952. The number of anilines is 1. The number of halogens is 1. The van der Waals surface area contributed by atoms with Crippen molar-refractivity contribution in [3.8, 4) is 0 Å². The van der Waals surface area contributed by atoms with Crippen molar-refractivity contribution < 1.29 is 9.59 Å². The topological polar surface area (TPSA) is 71.1 Å². The molecule has 0 spiro atoms. The molecule has 0 unspecified atom stereocenters. The van der Waals surface area contributed by atoms with E-state index in [-0.39, 0.29) is 17.5 Å². The molecule has 3 rings (SSSR count). The van der Waals surface area contributed by atoms with Crippen LogP contribution in [0.15, 0.2) is 66.9 Å². The third kappa shape index (κ3) is 5.15. The molecule has 0 aliphatic carbocycles. The van der Waals surface area contributed by atoms with E-state index in [1.54, 1.807) is 30.3 Å². The van der Waals surface area contributed by atoms with Gasteiger partial charge in [0.2, 0.25) is 0 Å². The van der Waals surface area contributed by atoms with Gasteiger partial charge in [0.25, 0.3) is 11.8 Å². The zero-order valence-electron chi connectivity index (χ0n) is 14.7. The first-order chi connectivity index (χ1) is 13.0. The van der Waals surface area contributed by atoms with Crippen LogP contribution < -0.4 is 10.6 Å². The van der Waals surface area contributed by atoms with Crippen LogP contribution in [0.4, 0.5) is 5.69 Å². The summed E-state index contributed by atoms with van der Waals surface area (Å²) < 4.78 is 0. The van der Waals surface area contributed by atoms with Crippen LogP contribution in [0.5, 0.6) is 0 Å². The summed E-state index contributed by atoms with van der Waals surface area (Å²) in [5.41, 5.74) is 3.30. The molecule has 136 valence electrons. The van der Waals surface area contributed by atoms with E-state index in [2.05, 4.69) is 15.6 Å². The maximum Gasteiger partial charge on any atom is 0.270 e. The van der Waals surface area contributed by atoms with Gasteiger partial charge in [-0.15, -0.1) is 0 Å². The molecule has 2 N–H and O–H groups in total. The highest BCUT2D eigenvalue weighted by Crippen LogP contribution is 2.14. The van der Waals surface area contributed by atoms with Crippen molar-refractivity contribution in [1.29, 1.82) is 0 Å². The molecule has 0 atom stereocenters. The summed E-state index contributed by atoms with van der Waals surface area (Å²) in [5, 5.41) is 6.15. The Kier molecular flexibility index (Phi) is 5.84. The summed E-state index contributed by atoms with van der Waals surface area (Å²) >= 11 is 5.84. The molecule has 0 saturated carbocycles. The normalized spacial score (nSPS) is 10.3. The molecule has 0 fully saturated rings. The Morgan fingerprint density at radius 1 is 0.963 bits per heavy atom. The Bertz CT molecular complexity index is 954. The minimum atomic E-state index is -0.336. The second-order valence-electron chi connectivity index (χ2n) is 6.06. The zero-order valence-corrected chi connectivity index (χ0v) is 15.5. The number of pyridine rings is 1. The van der Waals surface area contributed by atoms with Crippen LogP contribution in [0, 0.1) is 6.92 Å². The van der Waals surface area contributed by atoms with Crippen molar-refractivity contribution >= 4 is 29.1 Å². The number of carbonyl (C=O) groups excluding carboxylic acids is 2. The molecule has 0 radical (unpaired) electrons. The maximum absolute atomic E-state index is 12.4. The van der Waals surface area contributed by atoms with Crippen LogP contribution in [0.2, 0.25) is 5.02 Å². The van der Waals surface area contributed by atoms with E-state index in [0.29, 0.717) is 22.8 Å². The second kappa shape index (κ2) is 8.47. The molecular weight excluding hydrogens is 362 g/mol. The van der Waals surface area contributed by atoms with Crippen molar-refractivity contribution in [2.75, 3.05) is 5.32 Å². The molecule has 6 heteroatoms. The quantitative estimate of drug-likeness (QED) is 0.697. The average molecular weight is 380 g/mol. The minimum absolute atomic E-state index is 0.186. The second-order valence-corrected chi connectivity index (χ2v) is 6.50. The van der Waals surface area contributed by atoms with Gasteiger partial charge in [0, 0.05) is 29.0 Å². The number of nitrogens with one attached hydrogen (secondary N) is 2. The molecule has 27 heavy (non-hydrogen) atoms. The lowest BCUT2D eigenvalue weighted by Crippen LogP contribution is -2.24. The van der Waals surface area contributed by atoms with E-state index >= 15 is 0 Å². The van der Waals surface area contributed by atoms with Crippen molar-refractivity contribution in [2.45, 2.75) is 13.5 Å². The molecule has 1 heterocycles. The van der Waals surface area contributed by atoms with Gasteiger partial charge in [-0.25, -0.2) is 0 Å². The van der Waals surface area contributed by atoms with Gasteiger partial charge >= 0.3 is 0 Å². The van der Waals surface area contributed by atoms with E-state index in [1.165, 1.54) is 12.3 Å². The predicted octanol–water partition coefficient (Wildman–Crippen LogP) is 4.23. The van der Waals surface area contributed by atoms with Gasteiger partial charge in [-0.2, -0.15) is 0 Å². The lowest BCUT2D eigenvalue weighted by molar-refractivity contribution is 0.0946. The van der Waals surface area contributed by atoms with E-state index in [4.69, 9.17) is 11.6 Å². The highest BCUT2D eigenvalue weighted by atomic mass is 35.5. The fourth-order valence-electron chi connectivity index (χ4n) is 2.41. The highest BCUT2D eigenvalue weighted by molar-refractivity contribution is 6.30. The summed E-state index contributed by atoms with van der Waals surface area (Å²) in [7, 11) is 0. The molecule has 3 aromatic rings. The Morgan fingerprint density at radius 2 is 1.67 bits per heavy atom. The molecule has 5 nitrogen and oxygen atoms in total. The third-order valence-corrected chi connectivity index (χ3v) is 4.18. The predicted molar refractivity (Wildman–Crippen MR) is 106 cm³/mol. The van der Waals surface area contributed by atoms with Gasteiger partial charge in [-0.05, 0) is 48.9 Å². The number of carbonyl (C=O) groups is 2. The molecule has 0 aliphatic heterocycles. The van der Waals surface area contributed by atoms with Crippen molar-refractivity contribution in [2.24, 2.45) is 0 Å². The highest BCUT2D eigenvalue weighted by Gasteiger charge is 2.12. The minimum Gasteiger partial charge on any atom is -0.347 e. The summed E-state index contributed by atoms with van der Waals surface area (Å²) in [6, 6.07) is 17.7. The third-order valence-electron chi connectivity index (χ3n) is 3.93. The molecule has 0 saturated heterocycles. The molecule has 0 aliphatic rings. The van der Waals surface area contributed by atoms with Crippen LogP contribution in [0.1, 0.15) is 32.0 Å². The fourth-order valence-corrected chi connectivity index (χ4v) is 2.54. The smallest absolute Gasteiger partial charge is 0.270 e. The Hall–Kier alpha value is -3.18. The van der Waals surface area contributed by atoms with E-state index in [9.17, 15) is 9.59 Å². The zero-order chi connectivity index (χ0) is 19.2. The first kappa shape index (κ1) is 18.6. The first-order valence-electron chi connectivity index (χ1n) is 8.38. The van der Waals surface area contributed by atoms with E-state index in [1.807, 2.05) is 31.2 Å². The molecule has 2 aromatic carbocycles. The van der Waals surface area contributed by atoms with Crippen LogP contribution in [0.25, 0.3) is 0 Å². The number of benzene rings is 2. The lowest BCUT2D eigenvalue weighted by atomic mass is 10.1. The number of amides is 2. The van der Waals surface area contributed by atoms with Gasteiger partial charge in [0.05, 0.1) is 0 Å². The van der Waals surface area contributed by atoms with Crippen LogP contribution in [-0.4, -0.2) is 16.8 Å². The Morgan fingerprint density at radius 3 is 2.37 bits per heavy atom. The van der Waals surface area contributed by atoms with Crippen molar-refractivity contribution in [3.63, 3.8) is 0 Å². The van der Waals surface area contributed by atoms with Crippen LogP contribution >= 0.6 is 11.6 Å². The van der Waals surface area contributed by atoms with Gasteiger partial charge < -0.3 is 10.6 Å². The van der Waals surface area contributed by atoms with Gasteiger partial charge in [-0.1, -0.05) is 41.4 Å². The standard InChI is InChI=1S/C21H18ClN3O2/c1-14-2-4-15(5-3-14)13-24-21(27)19-12-16(10-11-23-19)20(26)25-18-8-6-17(22)7-9-18/h2-12H,13H2,1H3,(H,24,27)(H,25,26). The van der Waals surface area contributed by atoms with Gasteiger partial charge in [0.1, 0.15) is 5.69 Å². The summed E-state index contributed by atoms with van der Waals surface area (Å²) in [5.74, 6) is -0.663. The number of aryl methyl sites for hydroxylation is 1. The lowest BCUT2D eigenvalue weighted by Gasteiger charge is -2.08. The summed E-state index contributed by atoms with van der Waals surface area (Å²) in [6.07, 6.45) is 1.44. The Balaban J connectivity index is 1.65. The van der Waals surface area contributed by atoms with Crippen LogP contribution in [-0.2, 0) is 6.54 Å². The number of hydrogen-bond acceptors (Lipinski definition) is 3. The largest absolute Gasteiger partial charge is 0.347 e. The van der Waals surface area contributed by atoms with E-state index < -0.39 is 0 Å². The van der Waals surface area contributed by atoms with E-state index in [0.717, 1.165) is 11.1 Å². The average Bonchev–Trinajstić information content (AvgIpc) is 2.69. The summed E-state index contributed by atoms with van der Waals surface area (Å²) in [4.78, 5) is 28.8. The van der Waals surface area contributed by atoms with Crippen molar-refractivity contribution in [1.82, 2.24) is 10.3 Å². The number of nitrogens with zero attached hydrogens (tertiary/aromatic N) is 1. The van der Waals surface area contributed by atoms with Gasteiger partial charge in [0.15, 0.2) is 0 Å².